The summed E-state index contributed by atoms with van der Waals surface area (Å²) in [7, 11) is -3.98. The largest absolute Gasteiger partial charge is 0.491 e. The first kappa shape index (κ1) is 23.8. The normalized spacial score (nSPS) is 14.2. The third-order valence-electron chi connectivity index (χ3n) is 4.14. The van der Waals surface area contributed by atoms with E-state index in [1.165, 1.54) is 23.5 Å². The molecule has 0 radical (unpaired) electrons. The molecule has 32 heavy (non-hydrogen) atoms. The lowest BCUT2D eigenvalue weighted by molar-refractivity contribution is -0.119. The van der Waals surface area contributed by atoms with Crippen LogP contribution in [0, 0.1) is 0 Å². The minimum atomic E-state index is -3.98. The number of benzene rings is 1. The zero-order valence-electron chi connectivity index (χ0n) is 17.7. The molecule has 174 valence electrons. The zero-order chi connectivity index (χ0) is 23.1. The molecule has 1 aliphatic rings. The fourth-order valence-electron chi connectivity index (χ4n) is 2.76. The highest BCUT2D eigenvalue weighted by Gasteiger charge is 2.20. The summed E-state index contributed by atoms with van der Waals surface area (Å²) >= 11 is 1.30. The number of aromatic nitrogens is 1. The fourth-order valence-corrected chi connectivity index (χ4v) is 4.60. The lowest BCUT2D eigenvalue weighted by atomic mass is 10.3. The van der Waals surface area contributed by atoms with Gasteiger partial charge in [-0.3, -0.25) is 25.2 Å². The van der Waals surface area contributed by atoms with Crippen LogP contribution in [-0.2, 0) is 19.6 Å². The molecule has 2 amide bonds. The molecule has 1 aromatic carbocycles. The van der Waals surface area contributed by atoms with Crippen LogP contribution in [0.3, 0.4) is 0 Å². The van der Waals surface area contributed by atoms with Crippen molar-refractivity contribution < 1.29 is 27.5 Å². The topological polar surface area (TPSA) is 139 Å². The zero-order valence-corrected chi connectivity index (χ0v) is 19.3. The van der Waals surface area contributed by atoms with Crippen molar-refractivity contribution >= 4 is 44.0 Å². The highest BCUT2D eigenvalue weighted by atomic mass is 32.2. The summed E-state index contributed by atoms with van der Waals surface area (Å²) in [4.78, 5) is 30.5. The van der Waals surface area contributed by atoms with Gasteiger partial charge in [-0.15, -0.1) is 11.3 Å². The van der Waals surface area contributed by atoms with E-state index >= 15 is 0 Å². The van der Waals surface area contributed by atoms with Crippen molar-refractivity contribution in [3.8, 4) is 5.75 Å². The van der Waals surface area contributed by atoms with E-state index in [1.54, 1.807) is 17.5 Å². The third-order valence-corrected chi connectivity index (χ3v) is 6.23. The average Bonchev–Trinajstić information content (AvgIpc) is 3.23. The van der Waals surface area contributed by atoms with Crippen LogP contribution < -0.4 is 25.2 Å². The number of morpholine rings is 1. The number of sulfonamides is 1. The molecule has 1 saturated heterocycles. The van der Waals surface area contributed by atoms with Crippen molar-refractivity contribution in [2.75, 3.05) is 41.7 Å². The number of nitrogens with one attached hydrogen (secondary N) is 3. The number of rotatable bonds is 8. The minimum absolute atomic E-state index is 0.00770. The Hall–Kier alpha value is -2.90. The summed E-state index contributed by atoms with van der Waals surface area (Å²) in [6, 6.07) is 6.31. The Balaban J connectivity index is 1.47. The summed E-state index contributed by atoms with van der Waals surface area (Å²) in [5, 5.41) is 2.25. The molecule has 0 saturated carbocycles. The number of thiazole rings is 1. The molecule has 3 rings (SSSR count). The Bertz CT molecular complexity index is 1030. The van der Waals surface area contributed by atoms with Gasteiger partial charge < -0.3 is 14.4 Å². The fraction of sp³-hybridized carbons (Fsp3) is 0.421. The van der Waals surface area contributed by atoms with Gasteiger partial charge in [-0.1, -0.05) is 0 Å². The number of hydrazine groups is 1. The quantitative estimate of drug-likeness (QED) is 0.472. The number of amides is 2. The summed E-state index contributed by atoms with van der Waals surface area (Å²) in [5.41, 5.74) is 4.69. The third kappa shape index (κ3) is 7.07. The number of carbonyl (C=O) groups excluding carboxylic acids is 2. The van der Waals surface area contributed by atoms with Gasteiger partial charge in [-0.25, -0.2) is 13.4 Å². The van der Waals surface area contributed by atoms with E-state index in [0.29, 0.717) is 37.2 Å². The molecule has 1 aromatic heterocycles. The molecule has 11 nitrogen and oxygen atoms in total. The van der Waals surface area contributed by atoms with Gasteiger partial charge in [0, 0.05) is 24.2 Å². The Morgan fingerprint density at radius 1 is 1.19 bits per heavy atom. The lowest BCUT2D eigenvalue weighted by Gasteiger charge is -2.25. The Morgan fingerprint density at radius 3 is 2.53 bits per heavy atom. The Morgan fingerprint density at radius 2 is 1.88 bits per heavy atom. The van der Waals surface area contributed by atoms with Crippen LogP contribution in [0.2, 0.25) is 0 Å². The Labute approximate surface area is 190 Å². The average molecular weight is 484 g/mol. The van der Waals surface area contributed by atoms with Crippen LogP contribution in [0.15, 0.2) is 29.6 Å². The first-order valence-electron chi connectivity index (χ1n) is 9.86. The number of anilines is 2. The van der Waals surface area contributed by atoms with E-state index in [2.05, 4.69) is 20.6 Å². The van der Waals surface area contributed by atoms with Crippen molar-refractivity contribution in [2.24, 2.45) is 0 Å². The monoisotopic (exact) mass is 483 g/mol. The lowest BCUT2D eigenvalue weighted by Crippen LogP contribution is -2.45. The molecular formula is C19H25N5O6S2. The van der Waals surface area contributed by atoms with Crippen molar-refractivity contribution in [1.82, 2.24) is 15.8 Å². The second kappa shape index (κ2) is 10.6. The van der Waals surface area contributed by atoms with Gasteiger partial charge in [0.1, 0.15) is 17.2 Å². The number of ether oxygens (including phenoxy) is 2. The van der Waals surface area contributed by atoms with Gasteiger partial charge in [0.2, 0.25) is 10.0 Å². The van der Waals surface area contributed by atoms with Crippen LogP contribution in [0.5, 0.6) is 5.75 Å². The van der Waals surface area contributed by atoms with Crippen LogP contribution in [-0.4, -0.2) is 63.4 Å². The summed E-state index contributed by atoms with van der Waals surface area (Å²) in [6.07, 6.45) is -0.00770. The van der Waals surface area contributed by atoms with Gasteiger partial charge in [-0.05, 0) is 38.1 Å². The molecule has 0 atom stereocenters. The van der Waals surface area contributed by atoms with E-state index in [1.807, 2.05) is 18.7 Å². The van der Waals surface area contributed by atoms with Gasteiger partial charge >= 0.3 is 0 Å². The first-order chi connectivity index (χ1) is 15.2. The van der Waals surface area contributed by atoms with Crippen LogP contribution >= 0.6 is 11.3 Å². The van der Waals surface area contributed by atoms with Crippen LogP contribution in [0.25, 0.3) is 0 Å². The summed E-state index contributed by atoms with van der Waals surface area (Å²) in [6.45, 7) is 6.31. The molecule has 3 N–H and O–H groups in total. The molecule has 2 heterocycles. The highest BCUT2D eigenvalue weighted by molar-refractivity contribution is 7.93. The van der Waals surface area contributed by atoms with E-state index < -0.39 is 27.6 Å². The van der Waals surface area contributed by atoms with Crippen molar-refractivity contribution in [1.29, 1.82) is 0 Å². The van der Waals surface area contributed by atoms with Gasteiger partial charge in [0.25, 0.3) is 11.8 Å². The molecule has 0 spiro atoms. The van der Waals surface area contributed by atoms with E-state index in [-0.39, 0.29) is 17.5 Å². The Kier molecular flexibility index (Phi) is 7.88. The molecule has 13 heteroatoms. The van der Waals surface area contributed by atoms with E-state index in [4.69, 9.17) is 9.47 Å². The number of nitrogens with zero attached hydrogens (tertiary/aromatic N) is 2. The molecule has 0 bridgehead atoms. The maximum absolute atomic E-state index is 12.2. The highest BCUT2D eigenvalue weighted by Crippen LogP contribution is 2.21. The maximum atomic E-state index is 12.2. The second-order valence-electron chi connectivity index (χ2n) is 7.17. The summed E-state index contributed by atoms with van der Waals surface area (Å²) in [5.74, 6) is -1.80. The molecule has 2 aromatic rings. The second-order valence-corrected chi connectivity index (χ2v) is 9.73. The maximum Gasteiger partial charge on any atom is 0.289 e. The molecule has 1 fully saturated rings. The van der Waals surface area contributed by atoms with Gasteiger partial charge in [-0.2, -0.15) is 0 Å². The first-order valence-corrected chi connectivity index (χ1v) is 12.4. The van der Waals surface area contributed by atoms with E-state index in [9.17, 15) is 18.0 Å². The minimum Gasteiger partial charge on any atom is -0.491 e. The predicted octanol–water partition coefficient (Wildman–Crippen LogP) is 0.970. The van der Waals surface area contributed by atoms with E-state index in [0.717, 1.165) is 0 Å². The smallest absolute Gasteiger partial charge is 0.289 e. The molecule has 1 aliphatic heterocycles. The van der Waals surface area contributed by atoms with Crippen LogP contribution in [0.1, 0.15) is 24.3 Å². The molecule has 0 unspecified atom stereocenters. The number of hydrogen-bond acceptors (Lipinski definition) is 9. The van der Waals surface area contributed by atoms with Crippen molar-refractivity contribution in [2.45, 2.75) is 20.0 Å². The van der Waals surface area contributed by atoms with Gasteiger partial charge in [0.05, 0.1) is 19.3 Å². The summed E-state index contributed by atoms with van der Waals surface area (Å²) < 4.78 is 37.5. The van der Waals surface area contributed by atoms with Crippen molar-refractivity contribution in [3.05, 3.63) is 35.3 Å². The number of carbonyl (C=O) groups is 2. The SMILES string of the molecule is CC(C)Oc1ccc(NS(=O)(=O)CC(=O)NNC(=O)c2csc(N3CCOCC3)n2)cc1. The van der Waals surface area contributed by atoms with Crippen molar-refractivity contribution in [3.63, 3.8) is 0 Å². The standard InChI is InChI=1S/C19H25N5O6S2/c1-13(2)30-15-5-3-14(4-6-15)23-32(27,28)12-17(25)21-22-18(26)16-11-31-19(20-16)24-7-9-29-10-8-24/h3-6,11,13,23H,7-10,12H2,1-2H3,(H,21,25)(H,22,26). The van der Waals surface area contributed by atoms with Crippen LogP contribution in [0.4, 0.5) is 10.8 Å². The number of hydrogen-bond donors (Lipinski definition) is 3. The molecular weight excluding hydrogens is 458 g/mol. The molecule has 0 aliphatic carbocycles. The van der Waals surface area contributed by atoms with Gasteiger partial charge in [0.15, 0.2) is 5.13 Å². The predicted molar refractivity (Wildman–Crippen MR) is 120 cm³/mol.